The van der Waals surface area contributed by atoms with Gasteiger partial charge in [0, 0.05) is 6.04 Å². The first-order chi connectivity index (χ1) is 4.42. The van der Waals surface area contributed by atoms with Crippen LogP contribution in [0.2, 0.25) is 25.7 Å². The minimum absolute atomic E-state index is 0.557. The van der Waals surface area contributed by atoms with Gasteiger partial charge in [-0.2, -0.15) is 0 Å². The van der Waals surface area contributed by atoms with Crippen molar-refractivity contribution in [3.05, 3.63) is 0 Å². The van der Waals surface area contributed by atoms with Gasteiger partial charge in [-0.15, -0.1) is 0 Å². The van der Waals surface area contributed by atoms with E-state index in [4.69, 9.17) is 11.6 Å². The van der Waals surface area contributed by atoms with E-state index in [0.29, 0.717) is 0 Å². The van der Waals surface area contributed by atoms with Crippen molar-refractivity contribution in [2.24, 2.45) is 0 Å². The van der Waals surface area contributed by atoms with Crippen LogP contribution in [0, 0.1) is 11.8 Å². The smallest absolute Gasteiger partial charge is 0.266 e. The Bertz CT molecular complexity index is 182. The third kappa shape index (κ3) is 7.74. The van der Waals surface area contributed by atoms with E-state index in [0.717, 1.165) is 6.04 Å². The van der Waals surface area contributed by atoms with Crippen molar-refractivity contribution in [2.75, 3.05) is 0 Å². The molecule has 0 fully saturated rings. The lowest BCUT2D eigenvalue weighted by Crippen LogP contribution is -2.17. The summed E-state index contributed by atoms with van der Waals surface area (Å²) in [5.74, 6) is 5.07. The Hall–Kier alpha value is -0.263. The van der Waals surface area contributed by atoms with E-state index in [1.165, 1.54) is 0 Å². The fourth-order valence-corrected chi connectivity index (χ4v) is 1.06. The van der Waals surface area contributed by atoms with Crippen LogP contribution in [0.3, 0.4) is 0 Å². The van der Waals surface area contributed by atoms with Gasteiger partial charge < -0.3 is 0 Å². The van der Waals surface area contributed by atoms with Crippen LogP contribution in [-0.4, -0.2) is 13.3 Å². The summed E-state index contributed by atoms with van der Waals surface area (Å²) in [6.45, 7) is 6.58. The Morgan fingerprint density at radius 2 is 2.00 bits per heavy atom. The van der Waals surface area contributed by atoms with Crippen molar-refractivity contribution in [2.45, 2.75) is 25.7 Å². The van der Waals surface area contributed by atoms with E-state index in [2.05, 4.69) is 31.5 Å². The van der Waals surface area contributed by atoms with Gasteiger partial charge in [-0.1, -0.05) is 25.6 Å². The largest absolute Gasteiger partial charge is 0.296 e. The first-order valence-corrected chi connectivity index (χ1v) is 7.19. The Balaban J connectivity index is 3.78. The van der Waals surface area contributed by atoms with Gasteiger partial charge in [-0.3, -0.25) is 4.79 Å². The second-order valence-corrected chi connectivity index (χ2v) is 9.13. The molecule has 10 heavy (non-hydrogen) atoms. The average Bonchev–Trinajstić information content (AvgIpc) is 1.59. The fraction of sp³-hybridized carbons (Fsp3) is 0.571. The zero-order valence-corrected chi connectivity index (χ0v) is 8.25. The Kier molecular flexibility index (Phi) is 3.70. The molecule has 0 radical (unpaired) electrons. The van der Waals surface area contributed by atoms with E-state index >= 15 is 0 Å². The number of rotatable bonds is 1. The van der Waals surface area contributed by atoms with Gasteiger partial charge in [0.05, 0.1) is 8.07 Å². The van der Waals surface area contributed by atoms with E-state index in [9.17, 15) is 4.79 Å². The zero-order valence-electron chi connectivity index (χ0n) is 6.49. The molecular formula is C7H11ClOSi. The summed E-state index contributed by atoms with van der Waals surface area (Å²) in [7, 11) is -1.11. The van der Waals surface area contributed by atoms with E-state index in [1.807, 2.05) is 0 Å². The monoisotopic (exact) mass is 174 g/mol. The molecule has 0 rings (SSSR count). The van der Waals surface area contributed by atoms with Crippen LogP contribution in [0.25, 0.3) is 0 Å². The lowest BCUT2D eigenvalue weighted by atomic mass is 10.6. The molecule has 0 aromatic heterocycles. The maximum Gasteiger partial charge on any atom is 0.296 e. The summed E-state index contributed by atoms with van der Waals surface area (Å²) in [5.41, 5.74) is 0. The standard InChI is InChI=1S/C7H11ClOSi/c1-10(2,3)6-4-5-7(8)9/h6H2,1-3H3. The molecule has 0 saturated carbocycles. The Labute approximate surface area is 67.8 Å². The average molecular weight is 175 g/mol. The minimum Gasteiger partial charge on any atom is -0.266 e. The van der Waals surface area contributed by atoms with Crippen LogP contribution in [0.1, 0.15) is 0 Å². The third-order valence-corrected chi connectivity index (χ3v) is 2.14. The summed E-state index contributed by atoms with van der Waals surface area (Å²) >= 11 is 5.01. The number of hydrogen-bond acceptors (Lipinski definition) is 1. The molecule has 0 bridgehead atoms. The highest BCUT2D eigenvalue weighted by molar-refractivity contribution is 6.76. The second-order valence-electron chi connectivity index (χ2n) is 3.31. The molecule has 3 heteroatoms. The highest BCUT2D eigenvalue weighted by Crippen LogP contribution is 2.05. The zero-order chi connectivity index (χ0) is 8.20. The number of halogens is 1. The van der Waals surface area contributed by atoms with Crippen molar-refractivity contribution < 1.29 is 4.79 Å². The predicted molar refractivity (Wildman–Crippen MR) is 46.8 cm³/mol. The minimum atomic E-state index is -1.11. The van der Waals surface area contributed by atoms with Crippen molar-refractivity contribution in [3.63, 3.8) is 0 Å². The van der Waals surface area contributed by atoms with Crippen molar-refractivity contribution in [3.8, 4) is 11.8 Å². The number of carbonyl (C=O) groups is 1. The first-order valence-electron chi connectivity index (χ1n) is 3.10. The molecule has 0 atom stereocenters. The highest BCUT2D eigenvalue weighted by Gasteiger charge is 2.09. The maximum atomic E-state index is 10.1. The van der Waals surface area contributed by atoms with Crippen molar-refractivity contribution in [1.29, 1.82) is 0 Å². The molecule has 0 saturated heterocycles. The topological polar surface area (TPSA) is 17.1 Å². The normalized spacial score (nSPS) is 10.0. The Morgan fingerprint density at radius 1 is 1.50 bits per heavy atom. The molecule has 0 unspecified atom stereocenters. The highest BCUT2D eigenvalue weighted by atomic mass is 35.5. The summed E-state index contributed by atoms with van der Waals surface area (Å²) in [6.07, 6.45) is 0. The second kappa shape index (κ2) is 3.80. The van der Waals surface area contributed by atoms with Crippen molar-refractivity contribution >= 4 is 24.9 Å². The summed E-state index contributed by atoms with van der Waals surface area (Å²) in [5, 5.41) is -0.557. The molecule has 0 N–H and O–H groups in total. The summed E-state index contributed by atoms with van der Waals surface area (Å²) in [6, 6.07) is 0.839. The number of hydrogen-bond donors (Lipinski definition) is 0. The fourth-order valence-electron chi connectivity index (χ4n) is 0.379. The van der Waals surface area contributed by atoms with Crippen molar-refractivity contribution in [1.82, 2.24) is 0 Å². The van der Waals surface area contributed by atoms with Gasteiger partial charge in [-0.25, -0.2) is 0 Å². The van der Waals surface area contributed by atoms with Crippen LogP contribution in [0.4, 0.5) is 0 Å². The molecule has 0 aliphatic carbocycles. The first kappa shape index (κ1) is 9.74. The third-order valence-electron chi connectivity index (χ3n) is 0.805. The van der Waals surface area contributed by atoms with Gasteiger partial charge in [0.2, 0.25) is 0 Å². The molecule has 1 nitrogen and oxygen atoms in total. The van der Waals surface area contributed by atoms with E-state index in [1.54, 1.807) is 0 Å². The van der Waals surface area contributed by atoms with Gasteiger partial charge in [0.1, 0.15) is 0 Å². The van der Waals surface area contributed by atoms with Gasteiger partial charge in [0.25, 0.3) is 5.24 Å². The van der Waals surface area contributed by atoms with Gasteiger partial charge in [0.15, 0.2) is 0 Å². The lowest BCUT2D eigenvalue weighted by Gasteiger charge is -2.08. The lowest BCUT2D eigenvalue weighted by molar-refractivity contribution is -0.107. The van der Waals surface area contributed by atoms with Gasteiger partial charge in [-0.05, 0) is 17.5 Å². The molecule has 0 spiro atoms. The van der Waals surface area contributed by atoms with Crippen LogP contribution in [0.15, 0.2) is 0 Å². The molecule has 0 aliphatic heterocycles. The molecule has 0 aromatic carbocycles. The van der Waals surface area contributed by atoms with Crippen LogP contribution in [0.5, 0.6) is 0 Å². The molecule has 0 aromatic rings. The quantitative estimate of drug-likeness (QED) is 0.338. The van der Waals surface area contributed by atoms with E-state index in [-0.39, 0.29) is 0 Å². The van der Waals surface area contributed by atoms with E-state index < -0.39 is 13.3 Å². The molecule has 0 amide bonds. The predicted octanol–water partition coefficient (Wildman–Crippen LogP) is 2.09. The molecule has 56 valence electrons. The Morgan fingerprint density at radius 3 is 2.30 bits per heavy atom. The van der Waals surface area contributed by atoms with Gasteiger partial charge >= 0.3 is 0 Å². The van der Waals surface area contributed by atoms with Crippen LogP contribution >= 0.6 is 11.6 Å². The number of carbonyl (C=O) groups excluding carboxylic acids is 1. The van der Waals surface area contributed by atoms with Crippen LogP contribution < -0.4 is 0 Å². The van der Waals surface area contributed by atoms with Crippen LogP contribution in [-0.2, 0) is 4.79 Å². The summed E-state index contributed by atoms with van der Waals surface area (Å²) < 4.78 is 0. The molecular weight excluding hydrogens is 164 g/mol. The SMILES string of the molecule is C[Si](C)(C)CC#CC(=O)Cl. The maximum absolute atomic E-state index is 10.1. The molecule has 0 heterocycles. The summed E-state index contributed by atoms with van der Waals surface area (Å²) in [4.78, 5) is 10.1. The molecule has 0 aliphatic rings.